The maximum atomic E-state index is 10.5. The van der Waals surface area contributed by atoms with Crippen molar-refractivity contribution in [3.63, 3.8) is 0 Å². The fraction of sp³-hybridized carbons (Fsp3) is 0.130. The van der Waals surface area contributed by atoms with Crippen LogP contribution < -0.4 is 0 Å². The number of para-hydroxylation sites is 1. The fourth-order valence-electron chi connectivity index (χ4n) is 3.16. The molecule has 4 heteroatoms. The van der Waals surface area contributed by atoms with Gasteiger partial charge in [-0.15, -0.1) is 0 Å². The van der Waals surface area contributed by atoms with E-state index in [0.717, 1.165) is 22.3 Å². The zero-order valence-electron chi connectivity index (χ0n) is 17.7. The third-order valence-electron chi connectivity index (χ3n) is 4.57. The Labute approximate surface area is 162 Å². The number of aromatic nitrogens is 2. The molecule has 0 aliphatic rings. The van der Waals surface area contributed by atoms with Crippen molar-refractivity contribution in [2.75, 3.05) is 0 Å². The van der Waals surface area contributed by atoms with Crippen LogP contribution in [0.5, 0.6) is 0 Å². The van der Waals surface area contributed by atoms with E-state index in [2.05, 4.69) is 9.83 Å². The number of hydrogen-bond donors (Lipinski definition) is 1. The molecular formula is C23H19N3O. The molecule has 4 nitrogen and oxygen atoms in total. The molecule has 1 N–H and O–H groups in total. The Morgan fingerprint density at radius 2 is 1.96 bits per heavy atom. The van der Waals surface area contributed by atoms with Crippen molar-refractivity contribution in [3.8, 4) is 16.8 Å². The minimum absolute atomic E-state index is 0.292. The molecule has 4 rings (SSSR count). The highest BCUT2D eigenvalue weighted by molar-refractivity contribution is 5.81. The summed E-state index contributed by atoms with van der Waals surface area (Å²) in [4.78, 5) is 8.01. The molecule has 0 bridgehead atoms. The number of nitrogens with zero attached hydrogens (tertiary/aromatic N) is 3. The van der Waals surface area contributed by atoms with E-state index in [1.165, 1.54) is 6.92 Å². The summed E-state index contributed by atoms with van der Waals surface area (Å²) in [6.45, 7) is 6.14. The van der Waals surface area contributed by atoms with Gasteiger partial charge in [0.2, 0.25) is 0 Å². The molecule has 0 saturated heterocycles. The number of fused-ring (bicyclic) bond motifs is 1. The normalized spacial score (nSPS) is 15.4. The zero-order chi connectivity index (χ0) is 21.5. The Morgan fingerprint density at radius 3 is 2.78 bits per heavy atom. The SMILES string of the molecule is [2H]C([2H])([2H])C(C)(O)c1ccc2c(c1)ncn2-c1cccc(-c2ccccc2[N+]#[C-])c1. The Hall–Kier alpha value is -3.42. The maximum absolute atomic E-state index is 10.5. The number of hydrogen-bond acceptors (Lipinski definition) is 2. The highest BCUT2D eigenvalue weighted by Crippen LogP contribution is 2.32. The number of imidazole rings is 1. The molecule has 3 aromatic carbocycles. The van der Waals surface area contributed by atoms with Crippen molar-refractivity contribution in [1.29, 1.82) is 0 Å². The minimum atomic E-state index is -2.55. The van der Waals surface area contributed by atoms with Crippen LogP contribution in [0.15, 0.2) is 73.1 Å². The van der Waals surface area contributed by atoms with Crippen LogP contribution in [0.1, 0.15) is 23.5 Å². The topological polar surface area (TPSA) is 42.4 Å². The van der Waals surface area contributed by atoms with Crippen LogP contribution in [0.4, 0.5) is 5.69 Å². The lowest BCUT2D eigenvalue weighted by Crippen LogP contribution is -2.15. The lowest BCUT2D eigenvalue weighted by atomic mass is 9.98. The van der Waals surface area contributed by atoms with Crippen LogP contribution in [0.25, 0.3) is 32.7 Å². The van der Waals surface area contributed by atoms with E-state index in [9.17, 15) is 5.11 Å². The van der Waals surface area contributed by atoms with E-state index in [1.54, 1.807) is 30.6 Å². The number of rotatable bonds is 3. The first-order valence-corrected chi connectivity index (χ1v) is 8.49. The van der Waals surface area contributed by atoms with Gasteiger partial charge in [-0.05, 0) is 54.7 Å². The van der Waals surface area contributed by atoms with Crippen LogP contribution in [0.2, 0.25) is 0 Å². The molecule has 0 radical (unpaired) electrons. The summed E-state index contributed by atoms with van der Waals surface area (Å²) in [5.41, 5.74) is 2.93. The molecule has 1 heterocycles. The lowest BCUT2D eigenvalue weighted by molar-refractivity contribution is 0.0787. The van der Waals surface area contributed by atoms with Crippen molar-refractivity contribution >= 4 is 16.7 Å². The Balaban J connectivity index is 1.79. The van der Waals surface area contributed by atoms with E-state index < -0.39 is 12.5 Å². The third kappa shape index (κ3) is 3.10. The second-order valence-electron chi connectivity index (χ2n) is 6.57. The van der Waals surface area contributed by atoms with Gasteiger partial charge >= 0.3 is 0 Å². The molecule has 132 valence electrons. The number of benzene rings is 3. The first-order valence-electron chi connectivity index (χ1n) is 9.99. The summed E-state index contributed by atoms with van der Waals surface area (Å²) in [5, 5.41) is 10.5. The van der Waals surface area contributed by atoms with Crippen molar-refractivity contribution in [2.24, 2.45) is 0 Å². The van der Waals surface area contributed by atoms with Crippen LogP contribution in [-0.4, -0.2) is 14.7 Å². The largest absolute Gasteiger partial charge is 0.386 e. The van der Waals surface area contributed by atoms with E-state index in [-0.39, 0.29) is 0 Å². The molecule has 0 aliphatic carbocycles. The molecule has 4 aromatic rings. The average Bonchev–Trinajstić information content (AvgIpc) is 3.16. The van der Waals surface area contributed by atoms with Gasteiger partial charge in [-0.3, -0.25) is 4.57 Å². The average molecular weight is 356 g/mol. The Bertz CT molecular complexity index is 1280. The molecular weight excluding hydrogens is 334 g/mol. The van der Waals surface area contributed by atoms with Crippen LogP contribution in [0, 0.1) is 6.57 Å². The molecule has 1 aromatic heterocycles. The summed E-state index contributed by atoms with van der Waals surface area (Å²) in [6, 6.07) is 20.2. The van der Waals surface area contributed by atoms with Crippen LogP contribution in [-0.2, 0) is 5.60 Å². The van der Waals surface area contributed by atoms with Crippen molar-refractivity contribution < 1.29 is 9.22 Å². The predicted molar refractivity (Wildman–Crippen MR) is 108 cm³/mol. The molecule has 1 atom stereocenters. The van der Waals surface area contributed by atoms with Crippen molar-refractivity contribution in [3.05, 3.63) is 90.0 Å². The van der Waals surface area contributed by atoms with Crippen LogP contribution in [0.3, 0.4) is 0 Å². The molecule has 1 unspecified atom stereocenters. The monoisotopic (exact) mass is 356 g/mol. The van der Waals surface area contributed by atoms with E-state index in [4.69, 9.17) is 10.7 Å². The molecule has 0 amide bonds. The standard InChI is InChI=1S/C23H19N3O/c1-23(2,27)17-11-12-22-21(14-17)25-15-26(22)18-8-6-7-16(13-18)19-9-4-5-10-20(19)24-3/h4-15,27H,1-2H3/i1D3. The molecule has 27 heavy (non-hydrogen) atoms. The van der Waals surface area contributed by atoms with Gasteiger partial charge in [-0.1, -0.05) is 42.5 Å². The first kappa shape index (κ1) is 13.7. The first-order chi connectivity index (χ1) is 14.2. The molecule has 0 fully saturated rings. The fourth-order valence-corrected chi connectivity index (χ4v) is 3.16. The second-order valence-corrected chi connectivity index (χ2v) is 6.57. The van der Waals surface area contributed by atoms with Gasteiger partial charge in [0.25, 0.3) is 0 Å². The van der Waals surface area contributed by atoms with Gasteiger partial charge in [0.05, 0.1) is 23.2 Å². The van der Waals surface area contributed by atoms with E-state index in [1.807, 2.05) is 47.0 Å². The summed E-state index contributed by atoms with van der Waals surface area (Å²) >= 11 is 0. The van der Waals surface area contributed by atoms with Crippen molar-refractivity contribution in [2.45, 2.75) is 19.4 Å². The summed E-state index contributed by atoms with van der Waals surface area (Å²) < 4.78 is 24.7. The Morgan fingerprint density at radius 1 is 1.11 bits per heavy atom. The van der Waals surface area contributed by atoms with Gasteiger partial charge < -0.3 is 5.11 Å². The van der Waals surface area contributed by atoms with Gasteiger partial charge in [0, 0.05) is 9.80 Å². The summed E-state index contributed by atoms with van der Waals surface area (Å²) in [5.74, 6) is 0. The second kappa shape index (κ2) is 6.39. The van der Waals surface area contributed by atoms with Gasteiger partial charge in [0.15, 0.2) is 5.69 Å². The summed E-state index contributed by atoms with van der Waals surface area (Å²) in [6.07, 6.45) is 1.67. The molecule has 0 saturated carbocycles. The van der Waals surface area contributed by atoms with Gasteiger partial charge in [-0.25, -0.2) is 9.83 Å². The van der Waals surface area contributed by atoms with Gasteiger partial charge in [-0.2, -0.15) is 0 Å². The van der Waals surface area contributed by atoms with E-state index >= 15 is 0 Å². The minimum Gasteiger partial charge on any atom is -0.386 e. The molecule has 0 aliphatic heterocycles. The van der Waals surface area contributed by atoms with E-state index in [0.29, 0.717) is 16.8 Å². The van der Waals surface area contributed by atoms with Crippen molar-refractivity contribution in [1.82, 2.24) is 9.55 Å². The maximum Gasteiger partial charge on any atom is 0.194 e. The smallest absolute Gasteiger partial charge is 0.194 e. The third-order valence-corrected chi connectivity index (χ3v) is 4.57. The predicted octanol–water partition coefficient (Wildman–Crippen LogP) is 5.47. The highest BCUT2D eigenvalue weighted by atomic mass is 16.3. The number of aliphatic hydroxyl groups is 1. The summed E-state index contributed by atoms with van der Waals surface area (Å²) in [7, 11) is 0. The molecule has 0 spiro atoms. The Kier molecular flexibility index (Phi) is 3.25. The van der Waals surface area contributed by atoms with Crippen LogP contribution >= 0.6 is 0 Å². The quantitative estimate of drug-likeness (QED) is 0.495. The van der Waals surface area contributed by atoms with Gasteiger partial charge in [0.1, 0.15) is 6.33 Å². The zero-order valence-corrected chi connectivity index (χ0v) is 14.7. The highest BCUT2D eigenvalue weighted by Gasteiger charge is 2.17. The lowest BCUT2D eigenvalue weighted by Gasteiger charge is -2.17.